The number of hydrogen-bond acceptors (Lipinski definition) is 6. The largest absolute Gasteiger partial charge is 0.507 e. The van der Waals surface area contributed by atoms with Gasteiger partial charge in [0.1, 0.15) is 11.5 Å². The van der Waals surface area contributed by atoms with Gasteiger partial charge in [-0.25, -0.2) is 0 Å². The highest BCUT2D eigenvalue weighted by Gasteiger charge is 2.34. The Morgan fingerprint density at radius 3 is 2.16 bits per heavy atom. The van der Waals surface area contributed by atoms with E-state index in [0.717, 1.165) is 47.9 Å². The molecular weight excluding hydrogens is 396 g/mol. The number of fused-ring (bicyclic) bond motifs is 3. The van der Waals surface area contributed by atoms with Gasteiger partial charge in [-0.15, -0.1) is 0 Å². The molecule has 0 aromatic heterocycles. The maximum absolute atomic E-state index is 11.5. The maximum atomic E-state index is 11.5. The minimum Gasteiger partial charge on any atom is -0.507 e. The lowest BCUT2D eigenvalue weighted by molar-refractivity contribution is 0.00142. The molecule has 3 rings (SSSR count). The van der Waals surface area contributed by atoms with Gasteiger partial charge in [0.15, 0.2) is 11.5 Å². The molecular formula is C25H34O6. The normalized spacial score (nSPS) is 15.2. The van der Waals surface area contributed by atoms with Gasteiger partial charge in [0.2, 0.25) is 5.75 Å². The van der Waals surface area contributed by atoms with Gasteiger partial charge in [-0.2, -0.15) is 0 Å². The molecule has 0 saturated carbocycles. The van der Waals surface area contributed by atoms with Gasteiger partial charge in [0, 0.05) is 16.7 Å². The van der Waals surface area contributed by atoms with Crippen LogP contribution < -0.4 is 18.9 Å². The van der Waals surface area contributed by atoms with E-state index in [9.17, 15) is 5.11 Å². The first kappa shape index (κ1) is 23.1. The molecule has 1 unspecified atom stereocenters. The Morgan fingerprint density at radius 1 is 0.935 bits per heavy atom. The Balaban J connectivity index is 2.46. The minimum absolute atomic E-state index is 0.0206. The molecule has 1 aliphatic carbocycles. The number of methoxy groups -OCH3 is 4. The third-order valence-corrected chi connectivity index (χ3v) is 5.72. The molecule has 0 fully saturated rings. The van der Waals surface area contributed by atoms with Crippen LogP contribution in [-0.2, 0) is 17.6 Å². The van der Waals surface area contributed by atoms with Crippen molar-refractivity contribution in [2.75, 3.05) is 28.4 Å². The zero-order valence-electron chi connectivity index (χ0n) is 19.6. The zero-order chi connectivity index (χ0) is 22.7. The topological polar surface area (TPSA) is 66.4 Å². The predicted molar refractivity (Wildman–Crippen MR) is 121 cm³/mol. The third kappa shape index (κ3) is 4.13. The Morgan fingerprint density at radius 2 is 1.61 bits per heavy atom. The summed E-state index contributed by atoms with van der Waals surface area (Å²) in [5.41, 5.74) is 4.19. The highest BCUT2D eigenvalue weighted by molar-refractivity contribution is 5.88. The lowest BCUT2D eigenvalue weighted by atomic mass is 9.89. The molecule has 1 N–H and O–H groups in total. The highest BCUT2D eigenvalue weighted by Crippen LogP contribution is 2.56. The monoisotopic (exact) mass is 430 g/mol. The maximum Gasteiger partial charge on any atom is 0.203 e. The molecule has 6 heteroatoms. The van der Waals surface area contributed by atoms with Crippen molar-refractivity contribution in [2.24, 2.45) is 0 Å². The fourth-order valence-electron chi connectivity index (χ4n) is 4.49. The molecule has 31 heavy (non-hydrogen) atoms. The summed E-state index contributed by atoms with van der Waals surface area (Å²) in [4.78, 5) is 0. The number of phenols is 1. The summed E-state index contributed by atoms with van der Waals surface area (Å²) >= 11 is 0. The van der Waals surface area contributed by atoms with E-state index in [1.165, 1.54) is 0 Å². The summed E-state index contributed by atoms with van der Waals surface area (Å²) in [7, 11) is 6.46. The van der Waals surface area contributed by atoms with Crippen LogP contribution in [0.2, 0.25) is 0 Å². The SMILES string of the molecule is CCCc1cc(OC)c2c(c1O)-c1c(cc(OC)c(OC)c1OC)CCC2OC(C)C. The van der Waals surface area contributed by atoms with Crippen molar-refractivity contribution in [3.05, 3.63) is 28.8 Å². The van der Waals surface area contributed by atoms with E-state index in [0.29, 0.717) is 28.6 Å². The van der Waals surface area contributed by atoms with E-state index in [-0.39, 0.29) is 18.0 Å². The Bertz CT molecular complexity index is 935. The molecule has 2 aromatic carbocycles. The molecule has 0 amide bonds. The molecule has 6 nitrogen and oxygen atoms in total. The highest BCUT2D eigenvalue weighted by atomic mass is 16.5. The van der Waals surface area contributed by atoms with E-state index in [4.69, 9.17) is 23.7 Å². The summed E-state index contributed by atoms with van der Waals surface area (Å²) in [5, 5.41) is 11.5. The fraction of sp³-hybridized carbons (Fsp3) is 0.520. The summed E-state index contributed by atoms with van der Waals surface area (Å²) < 4.78 is 29.2. The number of benzene rings is 2. The number of ether oxygens (including phenoxy) is 5. The van der Waals surface area contributed by atoms with Crippen molar-refractivity contribution >= 4 is 0 Å². The summed E-state index contributed by atoms with van der Waals surface area (Å²) in [5.74, 6) is 2.58. The van der Waals surface area contributed by atoms with Gasteiger partial charge in [0.05, 0.1) is 40.6 Å². The van der Waals surface area contributed by atoms with Gasteiger partial charge in [0.25, 0.3) is 0 Å². The van der Waals surface area contributed by atoms with Crippen LogP contribution in [-0.4, -0.2) is 39.6 Å². The van der Waals surface area contributed by atoms with Crippen molar-refractivity contribution < 1.29 is 28.8 Å². The average molecular weight is 431 g/mol. The van der Waals surface area contributed by atoms with E-state index >= 15 is 0 Å². The van der Waals surface area contributed by atoms with Gasteiger partial charge < -0.3 is 28.8 Å². The van der Waals surface area contributed by atoms with Crippen LogP contribution in [0.15, 0.2) is 12.1 Å². The van der Waals surface area contributed by atoms with Gasteiger partial charge >= 0.3 is 0 Å². The molecule has 0 radical (unpaired) electrons. The predicted octanol–water partition coefficient (Wildman–Crippen LogP) is 5.46. The Labute approximate surface area is 185 Å². The number of phenolic OH excluding ortho intramolecular Hbond substituents is 1. The molecule has 1 aliphatic rings. The van der Waals surface area contributed by atoms with E-state index in [1.54, 1.807) is 28.4 Å². The molecule has 0 saturated heterocycles. The third-order valence-electron chi connectivity index (χ3n) is 5.72. The second-order valence-corrected chi connectivity index (χ2v) is 8.02. The van der Waals surface area contributed by atoms with Crippen molar-refractivity contribution in [3.8, 4) is 39.9 Å². The number of rotatable bonds is 8. The Kier molecular flexibility index (Phi) is 7.21. The van der Waals surface area contributed by atoms with Crippen LogP contribution in [0.3, 0.4) is 0 Å². The smallest absolute Gasteiger partial charge is 0.203 e. The van der Waals surface area contributed by atoms with Crippen LogP contribution in [0.25, 0.3) is 11.1 Å². The quantitative estimate of drug-likeness (QED) is 0.600. The Hall–Kier alpha value is -2.60. The second kappa shape index (κ2) is 9.69. The first-order valence-corrected chi connectivity index (χ1v) is 10.8. The lowest BCUT2D eigenvalue weighted by Crippen LogP contribution is -2.13. The minimum atomic E-state index is -0.236. The van der Waals surface area contributed by atoms with E-state index in [2.05, 4.69) is 6.92 Å². The van der Waals surface area contributed by atoms with Crippen molar-refractivity contribution in [1.82, 2.24) is 0 Å². The molecule has 0 spiro atoms. The second-order valence-electron chi connectivity index (χ2n) is 8.02. The first-order chi connectivity index (χ1) is 14.9. The summed E-state index contributed by atoms with van der Waals surface area (Å²) in [6, 6.07) is 3.91. The van der Waals surface area contributed by atoms with Crippen LogP contribution >= 0.6 is 0 Å². The van der Waals surface area contributed by atoms with Crippen molar-refractivity contribution in [1.29, 1.82) is 0 Å². The fourth-order valence-corrected chi connectivity index (χ4v) is 4.49. The summed E-state index contributed by atoms with van der Waals surface area (Å²) in [6.07, 6.45) is 2.88. The van der Waals surface area contributed by atoms with Gasteiger partial charge in [-0.3, -0.25) is 0 Å². The molecule has 170 valence electrons. The van der Waals surface area contributed by atoms with E-state index < -0.39 is 0 Å². The van der Waals surface area contributed by atoms with Crippen molar-refractivity contribution in [3.63, 3.8) is 0 Å². The number of aromatic hydroxyl groups is 1. The van der Waals surface area contributed by atoms with Crippen LogP contribution in [0.4, 0.5) is 0 Å². The first-order valence-electron chi connectivity index (χ1n) is 10.8. The summed E-state index contributed by atoms with van der Waals surface area (Å²) in [6.45, 7) is 6.12. The lowest BCUT2D eigenvalue weighted by Gasteiger charge is -2.26. The molecule has 1 atom stereocenters. The average Bonchev–Trinajstić information content (AvgIpc) is 2.91. The van der Waals surface area contributed by atoms with Gasteiger partial charge in [-0.1, -0.05) is 13.3 Å². The van der Waals surface area contributed by atoms with Gasteiger partial charge in [-0.05, 0) is 56.4 Å². The molecule has 0 bridgehead atoms. The molecule has 0 aliphatic heterocycles. The van der Waals surface area contributed by atoms with Crippen LogP contribution in [0.5, 0.6) is 28.7 Å². The standard InChI is InChI=1S/C25H34O6/c1-8-9-16-13-18(27-4)21-17(31-14(2)3)11-10-15-12-19(28-5)24(29-6)25(30-7)20(15)22(21)23(16)26/h12-14,17,26H,8-11H2,1-7H3. The van der Waals surface area contributed by atoms with Crippen molar-refractivity contribution in [2.45, 2.75) is 58.7 Å². The van der Waals surface area contributed by atoms with E-state index in [1.807, 2.05) is 26.0 Å². The van der Waals surface area contributed by atoms with Crippen LogP contribution in [0.1, 0.15) is 56.4 Å². The zero-order valence-corrected chi connectivity index (χ0v) is 19.6. The van der Waals surface area contributed by atoms with Crippen LogP contribution in [0, 0.1) is 0 Å². The number of aryl methyl sites for hydroxylation is 2. The number of hydrogen-bond donors (Lipinski definition) is 1. The molecule has 2 aromatic rings. The molecule has 0 heterocycles.